The van der Waals surface area contributed by atoms with Crippen LogP contribution in [0.25, 0.3) is 0 Å². The van der Waals surface area contributed by atoms with Gasteiger partial charge in [0.05, 0.1) is 34.3 Å². The van der Waals surface area contributed by atoms with Gasteiger partial charge in [-0.05, 0) is 123 Å². The highest BCUT2D eigenvalue weighted by Gasteiger charge is 2.46. The molecule has 2 amide bonds. The summed E-state index contributed by atoms with van der Waals surface area (Å²) >= 11 is 13.0. The minimum absolute atomic E-state index is 0.132. The molecule has 54 heavy (non-hydrogen) atoms. The number of pyridine rings is 1. The number of benzene rings is 2. The van der Waals surface area contributed by atoms with Crippen LogP contribution < -0.4 is 10.2 Å². The van der Waals surface area contributed by atoms with Gasteiger partial charge in [-0.25, -0.2) is 5.01 Å². The summed E-state index contributed by atoms with van der Waals surface area (Å²) in [6, 6.07) is 13.9. The topological polar surface area (TPSA) is 152 Å². The molecule has 13 nitrogen and oxygen atoms in total. The number of carbonyl (C=O) groups excluding carboxylic acids is 2. The molecule has 3 atom stereocenters. The first kappa shape index (κ1) is 37.9. The minimum Gasteiger partial charge on any atom is -0.496 e. The summed E-state index contributed by atoms with van der Waals surface area (Å²) in [5, 5.41) is 24.1. The van der Waals surface area contributed by atoms with E-state index in [0.29, 0.717) is 73.3 Å². The molecule has 0 aliphatic carbocycles. The maximum absolute atomic E-state index is 14.2. The number of hydrazine groups is 1. The Morgan fingerprint density at radius 2 is 1.74 bits per heavy atom. The molecule has 15 heteroatoms. The third kappa shape index (κ3) is 7.59. The van der Waals surface area contributed by atoms with Crippen molar-refractivity contribution in [1.82, 2.24) is 25.2 Å². The van der Waals surface area contributed by atoms with E-state index in [-0.39, 0.29) is 17.9 Å². The van der Waals surface area contributed by atoms with Gasteiger partial charge in [0.15, 0.2) is 0 Å². The highest BCUT2D eigenvalue weighted by molar-refractivity contribution is 6.42. The molecule has 4 aliphatic heterocycles. The van der Waals surface area contributed by atoms with Gasteiger partial charge in [0.1, 0.15) is 17.8 Å². The number of hydrogen-bond donors (Lipinski definition) is 2. The number of carboxylic acids is 1. The van der Waals surface area contributed by atoms with Gasteiger partial charge in [0, 0.05) is 37.4 Å². The Kier molecular flexibility index (Phi) is 11.3. The van der Waals surface area contributed by atoms with Crippen molar-refractivity contribution < 1.29 is 24.2 Å². The second-order valence-electron chi connectivity index (χ2n) is 14.7. The number of rotatable bonds is 11. The second-order valence-corrected chi connectivity index (χ2v) is 15.5. The van der Waals surface area contributed by atoms with E-state index in [1.165, 1.54) is 0 Å². The van der Waals surface area contributed by atoms with E-state index in [1.54, 1.807) is 36.8 Å². The van der Waals surface area contributed by atoms with Gasteiger partial charge in [0.2, 0.25) is 5.91 Å². The SMILES string of the molecule is COc1ccc(C2C=NN=N2)cc1C(=O)N1CCC(CCN2CCC(C(=O)NN3CCCCC3C(=O)O)(c3ccncc3)CC2)(c2ccc(Cl)c(Cl)c2)C1. The van der Waals surface area contributed by atoms with E-state index >= 15 is 0 Å². The van der Waals surface area contributed by atoms with Crippen LogP contribution in [0.2, 0.25) is 10.0 Å². The smallest absolute Gasteiger partial charge is 0.322 e. The van der Waals surface area contributed by atoms with Crippen LogP contribution in [0.15, 0.2) is 76.4 Å². The molecule has 4 aliphatic rings. The van der Waals surface area contributed by atoms with Crippen LogP contribution >= 0.6 is 23.2 Å². The number of nitrogens with one attached hydrogen (secondary N) is 1. The number of ether oxygens (including phenoxy) is 1. The summed E-state index contributed by atoms with van der Waals surface area (Å²) in [6.07, 6.45) is 9.75. The average molecular weight is 776 g/mol. The van der Waals surface area contributed by atoms with Gasteiger partial charge in [-0.3, -0.25) is 24.8 Å². The van der Waals surface area contributed by atoms with Crippen molar-refractivity contribution >= 4 is 47.2 Å². The average Bonchev–Trinajstić information content (AvgIpc) is 3.90. The Morgan fingerprint density at radius 1 is 0.944 bits per heavy atom. The van der Waals surface area contributed by atoms with E-state index in [9.17, 15) is 19.5 Å². The van der Waals surface area contributed by atoms with Crippen molar-refractivity contribution in [3.05, 3.63) is 93.2 Å². The highest BCUT2D eigenvalue weighted by atomic mass is 35.5. The first-order valence-electron chi connectivity index (χ1n) is 18.4. The van der Waals surface area contributed by atoms with Crippen LogP contribution in [0, 0.1) is 0 Å². The first-order chi connectivity index (χ1) is 26.1. The third-order valence-corrected chi connectivity index (χ3v) is 12.5. The first-order valence-corrected chi connectivity index (χ1v) is 19.2. The van der Waals surface area contributed by atoms with Crippen molar-refractivity contribution in [3.8, 4) is 5.75 Å². The molecule has 2 aromatic carbocycles. The normalized spacial score (nSPS) is 24.1. The molecule has 3 aromatic rings. The summed E-state index contributed by atoms with van der Waals surface area (Å²) < 4.78 is 5.63. The Labute approximate surface area is 324 Å². The van der Waals surface area contributed by atoms with Crippen LogP contribution in [0.3, 0.4) is 0 Å². The lowest BCUT2D eigenvalue weighted by Crippen LogP contribution is -2.60. The van der Waals surface area contributed by atoms with E-state index < -0.39 is 22.8 Å². The van der Waals surface area contributed by atoms with Crippen molar-refractivity contribution in [2.75, 3.05) is 46.4 Å². The molecule has 3 fully saturated rings. The molecule has 5 heterocycles. The molecule has 7 rings (SSSR count). The predicted octanol–water partition coefficient (Wildman–Crippen LogP) is 6.07. The van der Waals surface area contributed by atoms with Gasteiger partial charge < -0.3 is 19.6 Å². The zero-order valence-corrected chi connectivity index (χ0v) is 31.7. The number of nitrogens with zero attached hydrogens (tertiary/aromatic N) is 7. The predicted molar refractivity (Wildman–Crippen MR) is 204 cm³/mol. The Balaban J connectivity index is 1.09. The fourth-order valence-electron chi connectivity index (χ4n) is 8.47. The Bertz CT molecular complexity index is 1930. The lowest BCUT2D eigenvalue weighted by atomic mass is 9.72. The zero-order valence-electron chi connectivity index (χ0n) is 30.2. The van der Waals surface area contributed by atoms with Crippen LogP contribution in [0.5, 0.6) is 5.75 Å². The van der Waals surface area contributed by atoms with E-state index in [2.05, 4.69) is 30.7 Å². The van der Waals surface area contributed by atoms with Crippen LogP contribution in [0.4, 0.5) is 0 Å². The number of aromatic nitrogens is 1. The number of amides is 2. The largest absolute Gasteiger partial charge is 0.496 e. The Morgan fingerprint density at radius 3 is 2.44 bits per heavy atom. The molecule has 0 bridgehead atoms. The van der Waals surface area contributed by atoms with Crippen LogP contribution in [-0.2, 0) is 20.4 Å². The quantitative estimate of drug-likeness (QED) is 0.238. The molecule has 2 N–H and O–H groups in total. The van der Waals surface area contributed by atoms with E-state index in [0.717, 1.165) is 48.9 Å². The fourth-order valence-corrected chi connectivity index (χ4v) is 8.77. The fraction of sp³-hybridized carbons (Fsp3) is 0.462. The maximum Gasteiger partial charge on any atom is 0.322 e. The summed E-state index contributed by atoms with van der Waals surface area (Å²) in [5.41, 5.74) is 4.95. The summed E-state index contributed by atoms with van der Waals surface area (Å²) in [4.78, 5) is 48.9. The maximum atomic E-state index is 14.2. The number of aliphatic carboxylic acids is 1. The van der Waals surface area contributed by atoms with Gasteiger partial charge >= 0.3 is 5.97 Å². The molecule has 284 valence electrons. The number of piperidine rings is 2. The standard InChI is InChI=1S/C39H44Cl2N8O5/c1-54-34-8-5-26(32-24-43-46-44-32)22-29(34)35(50)48-21-12-38(25-48,28-6-7-30(40)31(41)23-28)11-18-47-19-13-39(14-20-47,27-9-15-42-16-10-27)37(53)45-49-17-3-2-4-33(49)36(51)52/h5-10,15-16,22-24,32-33H,2-4,11-14,17-21,25H2,1H3,(H,45,53)(H,51,52). The molecule has 3 unspecified atom stereocenters. The van der Waals surface area contributed by atoms with Crippen molar-refractivity contribution in [3.63, 3.8) is 0 Å². The van der Waals surface area contributed by atoms with Crippen LogP contribution in [-0.4, -0.2) is 101 Å². The molecule has 0 spiro atoms. The molecule has 0 radical (unpaired) electrons. The van der Waals surface area contributed by atoms with Gasteiger partial charge in [0.25, 0.3) is 5.91 Å². The summed E-state index contributed by atoms with van der Waals surface area (Å²) in [7, 11) is 1.55. The molecule has 3 saturated heterocycles. The molecule has 1 aromatic heterocycles. The molecular formula is C39H44Cl2N8O5. The highest BCUT2D eigenvalue weighted by Crippen LogP contribution is 2.43. The number of carboxylic acid groups (broad SMARTS) is 1. The number of hydrogen-bond acceptors (Lipinski definition) is 10. The van der Waals surface area contributed by atoms with Gasteiger partial charge in [-0.2, -0.15) is 5.11 Å². The summed E-state index contributed by atoms with van der Waals surface area (Å²) in [5.74, 6) is -0.754. The monoisotopic (exact) mass is 774 g/mol. The number of likely N-dealkylation sites (tertiary alicyclic amines) is 2. The molecule has 0 saturated carbocycles. The molecular weight excluding hydrogens is 731 g/mol. The van der Waals surface area contributed by atoms with Gasteiger partial charge in [-0.15, -0.1) is 5.10 Å². The summed E-state index contributed by atoms with van der Waals surface area (Å²) in [6.45, 7) is 3.55. The number of methoxy groups -OCH3 is 1. The Hall–Kier alpha value is -4.43. The number of halogens is 2. The lowest BCUT2D eigenvalue weighted by molar-refractivity contribution is -0.149. The van der Waals surface area contributed by atoms with Crippen molar-refractivity contribution in [1.29, 1.82) is 0 Å². The van der Waals surface area contributed by atoms with E-state index in [1.807, 2.05) is 47.4 Å². The van der Waals surface area contributed by atoms with Crippen molar-refractivity contribution in [2.45, 2.75) is 67.9 Å². The van der Waals surface area contributed by atoms with Gasteiger partial charge in [-0.1, -0.05) is 35.3 Å². The minimum atomic E-state index is -0.926. The zero-order chi connectivity index (χ0) is 37.9. The second kappa shape index (κ2) is 16.1. The number of carbonyl (C=O) groups is 3. The van der Waals surface area contributed by atoms with E-state index in [4.69, 9.17) is 27.9 Å². The third-order valence-electron chi connectivity index (χ3n) is 11.7. The lowest BCUT2D eigenvalue weighted by Gasteiger charge is -2.44. The van der Waals surface area contributed by atoms with Crippen LogP contribution in [0.1, 0.15) is 78.0 Å². The van der Waals surface area contributed by atoms with Crippen molar-refractivity contribution in [2.24, 2.45) is 15.4 Å².